The molecule has 0 amide bonds. The molecule has 1 aromatic carbocycles. The van der Waals surface area contributed by atoms with Crippen LogP contribution in [0.1, 0.15) is 57.6 Å². The molecule has 1 unspecified atom stereocenters. The van der Waals surface area contributed by atoms with Crippen molar-refractivity contribution >= 4 is 27.5 Å². The minimum atomic E-state index is 0.449. The van der Waals surface area contributed by atoms with E-state index in [2.05, 4.69) is 41.2 Å². The van der Waals surface area contributed by atoms with Crippen LogP contribution < -0.4 is 5.32 Å². The lowest BCUT2D eigenvalue weighted by Crippen LogP contribution is -2.31. The molecule has 1 saturated carbocycles. The summed E-state index contributed by atoms with van der Waals surface area (Å²) >= 11 is 9.76. The van der Waals surface area contributed by atoms with E-state index in [9.17, 15) is 0 Å². The molecular weight excluding hydrogens is 334 g/mol. The SMILES string of the molecule is CCNC(c1ccc(Cl)cc1Br)C1CCC(CC)CC1. The van der Waals surface area contributed by atoms with Gasteiger partial charge in [0.05, 0.1) is 0 Å². The van der Waals surface area contributed by atoms with E-state index in [1.165, 1.54) is 37.7 Å². The van der Waals surface area contributed by atoms with Gasteiger partial charge in [0.15, 0.2) is 0 Å². The van der Waals surface area contributed by atoms with Crippen LogP contribution in [0.4, 0.5) is 0 Å². The summed E-state index contributed by atoms with van der Waals surface area (Å²) in [6.45, 7) is 5.52. The first-order valence-corrected chi connectivity index (χ1v) is 9.01. The Bertz CT molecular complexity index is 427. The van der Waals surface area contributed by atoms with Gasteiger partial charge in [0.2, 0.25) is 0 Å². The summed E-state index contributed by atoms with van der Waals surface area (Å²) < 4.78 is 1.13. The van der Waals surface area contributed by atoms with E-state index in [0.717, 1.165) is 27.9 Å². The van der Waals surface area contributed by atoms with Crippen LogP contribution in [0.5, 0.6) is 0 Å². The number of nitrogens with one attached hydrogen (secondary N) is 1. The van der Waals surface area contributed by atoms with E-state index in [1.807, 2.05) is 12.1 Å². The van der Waals surface area contributed by atoms with Crippen LogP contribution in [0.15, 0.2) is 22.7 Å². The van der Waals surface area contributed by atoms with Crippen molar-refractivity contribution in [2.24, 2.45) is 11.8 Å². The Morgan fingerprint density at radius 3 is 2.50 bits per heavy atom. The van der Waals surface area contributed by atoms with E-state index in [4.69, 9.17) is 11.6 Å². The van der Waals surface area contributed by atoms with Gasteiger partial charge >= 0.3 is 0 Å². The smallest absolute Gasteiger partial charge is 0.0417 e. The maximum Gasteiger partial charge on any atom is 0.0417 e. The zero-order valence-corrected chi connectivity index (χ0v) is 14.8. The van der Waals surface area contributed by atoms with Crippen LogP contribution in [-0.4, -0.2) is 6.54 Å². The fourth-order valence-corrected chi connectivity index (χ4v) is 4.36. The second kappa shape index (κ2) is 7.82. The molecule has 1 atom stereocenters. The van der Waals surface area contributed by atoms with Crippen molar-refractivity contribution in [3.05, 3.63) is 33.3 Å². The lowest BCUT2D eigenvalue weighted by atomic mass is 9.76. The van der Waals surface area contributed by atoms with Crippen molar-refractivity contribution in [3.63, 3.8) is 0 Å². The largest absolute Gasteiger partial charge is 0.310 e. The first kappa shape index (κ1) is 16.3. The van der Waals surface area contributed by atoms with Gasteiger partial charge < -0.3 is 5.32 Å². The Morgan fingerprint density at radius 2 is 1.95 bits per heavy atom. The third kappa shape index (κ3) is 3.99. The van der Waals surface area contributed by atoms with Crippen LogP contribution in [0.3, 0.4) is 0 Å². The molecule has 0 saturated heterocycles. The Balaban J connectivity index is 2.14. The molecule has 1 fully saturated rings. The summed E-state index contributed by atoms with van der Waals surface area (Å²) in [6.07, 6.45) is 6.78. The first-order valence-electron chi connectivity index (χ1n) is 7.84. The van der Waals surface area contributed by atoms with Gasteiger partial charge in [-0.25, -0.2) is 0 Å². The van der Waals surface area contributed by atoms with Crippen molar-refractivity contribution in [3.8, 4) is 0 Å². The number of benzene rings is 1. The molecule has 1 nitrogen and oxygen atoms in total. The van der Waals surface area contributed by atoms with Gasteiger partial charge in [0, 0.05) is 15.5 Å². The van der Waals surface area contributed by atoms with Crippen molar-refractivity contribution in [1.82, 2.24) is 5.32 Å². The molecule has 1 N–H and O–H groups in total. The van der Waals surface area contributed by atoms with Gasteiger partial charge in [0.1, 0.15) is 0 Å². The van der Waals surface area contributed by atoms with Crippen LogP contribution in [0.25, 0.3) is 0 Å². The number of rotatable bonds is 5. The summed E-state index contributed by atoms with van der Waals surface area (Å²) in [7, 11) is 0. The van der Waals surface area contributed by atoms with Gasteiger partial charge in [-0.15, -0.1) is 0 Å². The van der Waals surface area contributed by atoms with Gasteiger partial charge in [-0.2, -0.15) is 0 Å². The quantitative estimate of drug-likeness (QED) is 0.683. The normalized spacial score (nSPS) is 24.6. The number of hydrogen-bond donors (Lipinski definition) is 1. The summed E-state index contributed by atoms with van der Waals surface area (Å²) in [5.74, 6) is 1.69. The van der Waals surface area contributed by atoms with Gasteiger partial charge in [-0.1, -0.05) is 66.7 Å². The highest BCUT2D eigenvalue weighted by molar-refractivity contribution is 9.10. The predicted octanol–water partition coefficient (Wildman–Crippen LogP) is 5.97. The van der Waals surface area contributed by atoms with Crippen LogP contribution in [0.2, 0.25) is 5.02 Å². The van der Waals surface area contributed by atoms with Crippen LogP contribution >= 0.6 is 27.5 Å². The van der Waals surface area contributed by atoms with Gasteiger partial charge in [-0.05, 0) is 48.9 Å². The van der Waals surface area contributed by atoms with Crippen molar-refractivity contribution in [2.45, 2.75) is 52.0 Å². The van der Waals surface area contributed by atoms with E-state index in [1.54, 1.807) is 0 Å². The zero-order chi connectivity index (χ0) is 14.5. The fraction of sp³-hybridized carbons (Fsp3) is 0.647. The van der Waals surface area contributed by atoms with E-state index in [-0.39, 0.29) is 0 Å². The molecule has 0 spiro atoms. The summed E-state index contributed by atoms with van der Waals surface area (Å²) in [5, 5.41) is 4.49. The highest BCUT2D eigenvalue weighted by atomic mass is 79.9. The van der Waals surface area contributed by atoms with E-state index < -0.39 is 0 Å². The van der Waals surface area contributed by atoms with E-state index >= 15 is 0 Å². The number of halogens is 2. The summed E-state index contributed by atoms with van der Waals surface area (Å²) in [4.78, 5) is 0. The predicted molar refractivity (Wildman–Crippen MR) is 91.3 cm³/mol. The third-order valence-corrected chi connectivity index (χ3v) is 5.58. The minimum absolute atomic E-state index is 0.449. The van der Waals surface area contributed by atoms with Gasteiger partial charge in [0.25, 0.3) is 0 Å². The molecule has 0 radical (unpaired) electrons. The molecule has 0 heterocycles. The molecule has 0 aromatic heterocycles. The van der Waals surface area contributed by atoms with Crippen LogP contribution in [-0.2, 0) is 0 Å². The average molecular weight is 359 g/mol. The molecule has 20 heavy (non-hydrogen) atoms. The number of hydrogen-bond acceptors (Lipinski definition) is 1. The Kier molecular flexibility index (Phi) is 6.38. The van der Waals surface area contributed by atoms with E-state index in [0.29, 0.717) is 6.04 Å². The van der Waals surface area contributed by atoms with Crippen LogP contribution in [0, 0.1) is 11.8 Å². The Morgan fingerprint density at radius 1 is 1.25 bits per heavy atom. The molecule has 2 rings (SSSR count). The average Bonchev–Trinajstić information content (AvgIpc) is 2.46. The molecule has 3 heteroatoms. The van der Waals surface area contributed by atoms with Crippen molar-refractivity contribution < 1.29 is 0 Å². The second-order valence-electron chi connectivity index (χ2n) is 5.89. The highest BCUT2D eigenvalue weighted by Gasteiger charge is 2.28. The topological polar surface area (TPSA) is 12.0 Å². The van der Waals surface area contributed by atoms with Crippen molar-refractivity contribution in [1.29, 1.82) is 0 Å². The fourth-order valence-electron chi connectivity index (χ4n) is 3.43. The summed E-state index contributed by atoms with van der Waals surface area (Å²) in [6, 6.07) is 6.64. The highest BCUT2D eigenvalue weighted by Crippen LogP contribution is 2.40. The maximum atomic E-state index is 6.07. The zero-order valence-electron chi connectivity index (χ0n) is 12.5. The van der Waals surface area contributed by atoms with Crippen molar-refractivity contribution in [2.75, 3.05) is 6.54 Å². The maximum absolute atomic E-state index is 6.07. The van der Waals surface area contributed by atoms with Gasteiger partial charge in [-0.3, -0.25) is 0 Å². The first-order chi connectivity index (χ1) is 9.65. The Hall–Kier alpha value is -0.0500. The second-order valence-corrected chi connectivity index (χ2v) is 7.18. The third-order valence-electron chi connectivity index (χ3n) is 4.66. The molecule has 0 bridgehead atoms. The lowest BCUT2D eigenvalue weighted by molar-refractivity contribution is 0.220. The molecule has 1 aliphatic carbocycles. The minimum Gasteiger partial charge on any atom is -0.310 e. The monoisotopic (exact) mass is 357 g/mol. The standard InChI is InChI=1S/C17H25BrClN/c1-3-12-5-7-13(8-6-12)17(20-4-2)15-10-9-14(19)11-16(15)18/h9-13,17,20H,3-8H2,1-2H3. The Labute approximate surface area is 136 Å². The molecular formula is C17H25BrClN. The molecule has 112 valence electrons. The molecule has 1 aromatic rings. The summed E-state index contributed by atoms with van der Waals surface area (Å²) in [5.41, 5.74) is 1.36. The lowest BCUT2D eigenvalue weighted by Gasteiger charge is -2.34. The molecule has 0 aliphatic heterocycles. The molecule has 1 aliphatic rings.